The van der Waals surface area contributed by atoms with Gasteiger partial charge in [-0.1, -0.05) is 25.3 Å². The Bertz CT molecular complexity index is 723. The number of carbonyl (C=O) groups is 1. The number of anilines is 2. The molecule has 2 aromatic rings. The maximum Gasteiger partial charge on any atom is 0.274 e. The molecule has 1 saturated carbocycles. The Balaban J connectivity index is 1.68. The van der Waals surface area contributed by atoms with Gasteiger partial charge in [-0.2, -0.15) is 0 Å². The van der Waals surface area contributed by atoms with Crippen molar-refractivity contribution < 1.29 is 4.79 Å². The minimum Gasteiger partial charge on any atom is -0.367 e. The Kier molecular flexibility index (Phi) is 5.08. The highest BCUT2D eigenvalue weighted by molar-refractivity contribution is 6.03. The summed E-state index contributed by atoms with van der Waals surface area (Å²) in [6.07, 6.45) is 7.58. The first-order valence-electron chi connectivity index (χ1n) is 8.59. The minimum atomic E-state index is -0.215. The van der Waals surface area contributed by atoms with Crippen LogP contribution in [0, 0.1) is 13.8 Å². The van der Waals surface area contributed by atoms with E-state index in [2.05, 4.69) is 27.5 Å². The van der Waals surface area contributed by atoms with Crippen molar-refractivity contribution in [2.24, 2.45) is 0 Å². The van der Waals surface area contributed by atoms with Crippen molar-refractivity contribution in [2.75, 3.05) is 10.6 Å². The normalized spacial score (nSPS) is 15.1. The van der Waals surface area contributed by atoms with Crippen LogP contribution in [0.2, 0.25) is 0 Å². The summed E-state index contributed by atoms with van der Waals surface area (Å²) in [5.41, 5.74) is 3.51. The molecule has 1 aromatic carbocycles. The van der Waals surface area contributed by atoms with Crippen LogP contribution in [0.5, 0.6) is 0 Å². The third kappa shape index (κ3) is 4.10. The molecule has 1 fully saturated rings. The van der Waals surface area contributed by atoms with E-state index >= 15 is 0 Å². The predicted octanol–water partition coefficient (Wildman–Crippen LogP) is 4.09. The molecule has 126 valence electrons. The number of carbonyl (C=O) groups excluding carboxylic acids is 1. The van der Waals surface area contributed by atoms with Crippen molar-refractivity contribution in [3.63, 3.8) is 0 Å². The van der Waals surface area contributed by atoms with Crippen LogP contribution in [-0.4, -0.2) is 21.9 Å². The number of aryl methyl sites for hydroxylation is 2. The summed E-state index contributed by atoms with van der Waals surface area (Å²) in [4.78, 5) is 20.8. The molecule has 1 heterocycles. The highest BCUT2D eigenvalue weighted by Gasteiger charge is 2.15. The van der Waals surface area contributed by atoms with Gasteiger partial charge < -0.3 is 10.6 Å². The molecule has 2 N–H and O–H groups in total. The molecular weight excluding hydrogens is 300 g/mol. The number of rotatable bonds is 4. The predicted molar refractivity (Wildman–Crippen MR) is 96.4 cm³/mol. The first kappa shape index (κ1) is 16.4. The summed E-state index contributed by atoms with van der Waals surface area (Å²) in [5.74, 6) is 0.509. The van der Waals surface area contributed by atoms with Gasteiger partial charge in [0, 0.05) is 17.8 Å². The highest BCUT2D eigenvalue weighted by Crippen LogP contribution is 2.21. The maximum atomic E-state index is 12.4. The van der Waals surface area contributed by atoms with Crippen LogP contribution in [0.3, 0.4) is 0 Å². The number of hydrogen-bond acceptors (Lipinski definition) is 4. The molecular formula is C19H24N4O. The minimum absolute atomic E-state index is 0.215. The fourth-order valence-electron chi connectivity index (χ4n) is 3.03. The van der Waals surface area contributed by atoms with Crippen LogP contribution >= 0.6 is 0 Å². The molecule has 0 aliphatic heterocycles. The van der Waals surface area contributed by atoms with Gasteiger partial charge in [0.1, 0.15) is 17.8 Å². The number of hydrogen-bond donors (Lipinski definition) is 2. The summed E-state index contributed by atoms with van der Waals surface area (Å²) in [7, 11) is 0. The fraction of sp³-hybridized carbons (Fsp3) is 0.421. The lowest BCUT2D eigenvalue weighted by atomic mass is 9.95. The second-order valence-electron chi connectivity index (χ2n) is 6.52. The molecule has 0 spiro atoms. The molecule has 0 saturated heterocycles. The molecule has 5 heteroatoms. The van der Waals surface area contributed by atoms with E-state index in [9.17, 15) is 4.79 Å². The average Bonchev–Trinajstić information content (AvgIpc) is 2.59. The summed E-state index contributed by atoms with van der Waals surface area (Å²) in [6, 6.07) is 8.05. The SMILES string of the molecule is Cc1ccc(NC(=O)c2cc(NC3CCCCC3)ncn2)cc1C. The monoisotopic (exact) mass is 324 g/mol. The van der Waals surface area contributed by atoms with Crippen LogP contribution in [0.15, 0.2) is 30.6 Å². The van der Waals surface area contributed by atoms with Gasteiger partial charge >= 0.3 is 0 Å². The number of nitrogens with one attached hydrogen (secondary N) is 2. The topological polar surface area (TPSA) is 66.9 Å². The Morgan fingerprint density at radius 3 is 2.58 bits per heavy atom. The smallest absolute Gasteiger partial charge is 0.274 e. The van der Waals surface area contributed by atoms with Gasteiger partial charge in [-0.05, 0) is 49.9 Å². The second-order valence-corrected chi connectivity index (χ2v) is 6.52. The van der Waals surface area contributed by atoms with Crippen LogP contribution < -0.4 is 10.6 Å². The van der Waals surface area contributed by atoms with Gasteiger partial charge in [-0.15, -0.1) is 0 Å². The van der Waals surface area contributed by atoms with Crippen LogP contribution in [0.4, 0.5) is 11.5 Å². The van der Waals surface area contributed by atoms with Crippen LogP contribution in [-0.2, 0) is 0 Å². The molecule has 0 bridgehead atoms. The summed E-state index contributed by atoms with van der Waals surface area (Å²) in [6.45, 7) is 4.08. The van der Waals surface area contributed by atoms with Crippen LogP contribution in [0.1, 0.15) is 53.7 Å². The lowest BCUT2D eigenvalue weighted by Crippen LogP contribution is -2.23. The van der Waals surface area contributed by atoms with E-state index in [0.717, 1.165) is 29.9 Å². The molecule has 1 aliphatic carbocycles. The fourth-order valence-corrected chi connectivity index (χ4v) is 3.03. The zero-order chi connectivity index (χ0) is 16.9. The first-order valence-corrected chi connectivity index (χ1v) is 8.59. The molecule has 0 atom stereocenters. The maximum absolute atomic E-state index is 12.4. The lowest BCUT2D eigenvalue weighted by Gasteiger charge is -2.23. The van der Waals surface area contributed by atoms with E-state index in [4.69, 9.17) is 0 Å². The van der Waals surface area contributed by atoms with Crippen molar-refractivity contribution >= 4 is 17.4 Å². The van der Waals surface area contributed by atoms with E-state index in [0.29, 0.717) is 11.7 Å². The lowest BCUT2D eigenvalue weighted by molar-refractivity contribution is 0.102. The summed E-state index contributed by atoms with van der Waals surface area (Å²) >= 11 is 0. The van der Waals surface area contributed by atoms with Crippen molar-refractivity contribution in [2.45, 2.75) is 52.0 Å². The second kappa shape index (κ2) is 7.43. The zero-order valence-corrected chi connectivity index (χ0v) is 14.3. The van der Waals surface area contributed by atoms with Gasteiger partial charge in [0.15, 0.2) is 0 Å². The van der Waals surface area contributed by atoms with Gasteiger partial charge in [-0.3, -0.25) is 4.79 Å². The quantitative estimate of drug-likeness (QED) is 0.889. The standard InChI is InChI=1S/C19H24N4O/c1-13-8-9-16(10-14(13)2)23-19(24)17-11-18(21-12-20-17)22-15-6-4-3-5-7-15/h8-12,15H,3-7H2,1-2H3,(H,23,24)(H,20,21,22). The third-order valence-electron chi connectivity index (χ3n) is 4.62. The number of amides is 1. The summed E-state index contributed by atoms with van der Waals surface area (Å²) < 4.78 is 0. The van der Waals surface area contributed by atoms with Crippen molar-refractivity contribution in [3.05, 3.63) is 47.4 Å². The highest BCUT2D eigenvalue weighted by atomic mass is 16.1. The third-order valence-corrected chi connectivity index (χ3v) is 4.62. The largest absolute Gasteiger partial charge is 0.367 e. The molecule has 0 unspecified atom stereocenters. The Morgan fingerprint density at radius 2 is 1.83 bits per heavy atom. The van der Waals surface area contributed by atoms with Crippen molar-refractivity contribution in [3.8, 4) is 0 Å². The van der Waals surface area contributed by atoms with Gasteiger partial charge in [0.25, 0.3) is 5.91 Å². The number of benzene rings is 1. The zero-order valence-electron chi connectivity index (χ0n) is 14.3. The first-order chi connectivity index (χ1) is 11.6. The molecule has 24 heavy (non-hydrogen) atoms. The van der Waals surface area contributed by atoms with Crippen LogP contribution in [0.25, 0.3) is 0 Å². The van der Waals surface area contributed by atoms with E-state index in [1.54, 1.807) is 6.07 Å². The number of nitrogens with zero attached hydrogens (tertiary/aromatic N) is 2. The number of aromatic nitrogens is 2. The van der Waals surface area contributed by atoms with Gasteiger partial charge in [0.05, 0.1) is 0 Å². The molecule has 3 rings (SSSR count). The van der Waals surface area contributed by atoms with E-state index in [-0.39, 0.29) is 5.91 Å². The van der Waals surface area contributed by atoms with Gasteiger partial charge in [0.2, 0.25) is 0 Å². The average molecular weight is 324 g/mol. The van der Waals surface area contributed by atoms with E-state index in [1.165, 1.54) is 31.2 Å². The Morgan fingerprint density at radius 1 is 1.04 bits per heavy atom. The molecule has 1 amide bonds. The Labute approximate surface area is 142 Å². The van der Waals surface area contributed by atoms with E-state index in [1.807, 2.05) is 25.1 Å². The molecule has 1 aromatic heterocycles. The van der Waals surface area contributed by atoms with E-state index < -0.39 is 0 Å². The molecule has 1 aliphatic rings. The van der Waals surface area contributed by atoms with Crippen molar-refractivity contribution in [1.29, 1.82) is 0 Å². The summed E-state index contributed by atoms with van der Waals surface area (Å²) in [5, 5.41) is 6.33. The van der Waals surface area contributed by atoms with Gasteiger partial charge in [-0.25, -0.2) is 9.97 Å². The van der Waals surface area contributed by atoms with Crippen molar-refractivity contribution in [1.82, 2.24) is 9.97 Å². The molecule has 5 nitrogen and oxygen atoms in total. The Hall–Kier alpha value is -2.43. The molecule has 0 radical (unpaired) electrons.